The van der Waals surface area contributed by atoms with Crippen molar-refractivity contribution in [3.05, 3.63) is 56.4 Å². The Balaban J connectivity index is 2.15. The van der Waals surface area contributed by atoms with Crippen LogP contribution in [-0.4, -0.2) is 16.4 Å². The fourth-order valence-corrected chi connectivity index (χ4v) is 1.53. The van der Waals surface area contributed by atoms with E-state index in [0.29, 0.717) is 10.7 Å². The molecule has 0 aliphatic heterocycles. The van der Waals surface area contributed by atoms with Gasteiger partial charge in [-0.2, -0.15) is 10.2 Å². The summed E-state index contributed by atoms with van der Waals surface area (Å²) in [7, 11) is 0. The summed E-state index contributed by atoms with van der Waals surface area (Å²) in [6, 6.07) is 7.23. The molecule has 0 aliphatic carbocycles. The number of rotatable bonds is 3. The standard InChI is InChI=1S/C11H8Cl2N4O/c12-8-4-2-1-3-7(8)5-14-16-9-6-15-17-11(18)10(9)13/h1-6H,(H2,16,17,18)/b14-5-. The maximum atomic E-state index is 11.2. The van der Waals surface area contributed by atoms with E-state index in [1.165, 1.54) is 12.4 Å². The largest absolute Gasteiger partial charge is 0.285 e. The molecule has 92 valence electrons. The fourth-order valence-electron chi connectivity index (χ4n) is 1.21. The highest BCUT2D eigenvalue weighted by Gasteiger charge is 2.02. The van der Waals surface area contributed by atoms with Gasteiger partial charge in [-0.1, -0.05) is 41.4 Å². The van der Waals surface area contributed by atoms with E-state index in [2.05, 4.69) is 20.7 Å². The molecule has 1 aromatic carbocycles. The molecule has 7 heteroatoms. The Morgan fingerprint density at radius 1 is 1.33 bits per heavy atom. The minimum Gasteiger partial charge on any atom is -0.275 e. The molecule has 1 heterocycles. The van der Waals surface area contributed by atoms with E-state index in [1.807, 2.05) is 18.2 Å². The van der Waals surface area contributed by atoms with Gasteiger partial charge in [-0.15, -0.1) is 0 Å². The molecule has 0 aliphatic rings. The van der Waals surface area contributed by atoms with Crippen molar-refractivity contribution in [3.8, 4) is 0 Å². The van der Waals surface area contributed by atoms with Crippen LogP contribution in [0.4, 0.5) is 5.69 Å². The van der Waals surface area contributed by atoms with Gasteiger partial charge < -0.3 is 0 Å². The molecule has 0 saturated heterocycles. The first-order valence-corrected chi connectivity index (χ1v) is 5.71. The second-order valence-corrected chi connectivity index (χ2v) is 4.10. The van der Waals surface area contributed by atoms with Gasteiger partial charge in [0.25, 0.3) is 5.56 Å². The van der Waals surface area contributed by atoms with Crippen LogP contribution >= 0.6 is 23.2 Å². The predicted molar refractivity (Wildman–Crippen MR) is 72.5 cm³/mol. The summed E-state index contributed by atoms with van der Waals surface area (Å²) in [6.07, 6.45) is 2.90. The van der Waals surface area contributed by atoms with Crippen LogP contribution in [0.5, 0.6) is 0 Å². The van der Waals surface area contributed by atoms with Crippen molar-refractivity contribution in [2.24, 2.45) is 5.10 Å². The van der Waals surface area contributed by atoms with E-state index in [4.69, 9.17) is 23.2 Å². The van der Waals surface area contributed by atoms with Gasteiger partial charge in [0.1, 0.15) is 10.7 Å². The molecule has 1 aromatic heterocycles. The highest BCUT2D eigenvalue weighted by atomic mass is 35.5. The van der Waals surface area contributed by atoms with E-state index in [0.717, 1.165) is 5.56 Å². The number of halogens is 2. The normalized spacial score (nSPS) is 10.8. The van der Waals surface area contributed by atoms with Crippen LogP contribution < -0.4 is 11.0 Å². The molecule has 0 unspecified atom stereocenters. The number of aromatic amines is 1. The van der Waals surface area contributed by atoms with Gasteiger partial charge >= 0.3 is 0 Å². The van der Waals surface area contributed by atoms with E-state index >= 15 is 0 Å². The van der Waals surface area contributed by atoms with Crippen LogP contribution in [-0.2, 0) is 0 Å². The summed E-state index contributed by atoms with van der Waals surface area (Å²) >= 11 is 11.7. The lowest BCUT2D eigenvalue weighted by molar-refractivity contribution is 0.987. The zero-order valence-electron chi connectivity index (χ0n) is 9.02. The van der Waals surface area contributed by atoms with E-state index < -0.39 is 5.56 Å². The van der Waals surface area contributed by atoms with E-state index in [9.17, 15) is 4.79 Å². The number of hydrogen-bond donors (Lipinski definition) is 2. The lowest BCUT2D eigenvalue weighted by Gasteiger charge is -2.01. The fraction of sp³-hybridized carbons (Fsp3) is 0. The van der Waals surface area contributed by atoms with Crippen molar-refractivity contribution < 1.29 is 0 Å². The monoisotopic (exact) mass is 282 g/mol. The summed E-state index contributed by atoms with van der Waals surface area (Å²) in [4.78, 5) is 11.2. The molecule has 18 heavy (non-hydrogen) atoms. The SMILES string of the molecule is O=c1[nH]ncc(N/N=C\c2ccccc2Cl)c1Cl. The first-order chi connectivity index (χ1) is 8.68. The van der Waals surface area contributed by atoms with Gasteiger partial charge in [-0.3, -0.25) is 10.2 Å². The molecule has 0 amide bonds. The van der Waals surface area contributed by atoms with Crippen molar-refractivity contribution in [1.29, 1.82) is 0 Å². The molecule has 0 radical (unpaired) electrons. The first kappa shape index (κ1) is 12.6. The Bertz CT molecular complexity index is 639. The van der Waals surface area contributed by atoms with Gasteiger partial charge in [0.15, 0.2) is 0 Å². The van der Waals surface area contributed by atoms with Gasteiger partial charge in [-0.25, -0.2) is 5.10 Å². The third-order valence-electron chi connectivity index (χ3n) is 2.09. The van der Waals surface area contributed by atoms with Crippen molar-refractivity contribution in [2.45, 2.75) is 0 Å². The Hall–Kier alpha value is -1.85. The Kier molecular flexibility index (Phi) is 3.96. The van der Waals surface area contributed by atoms with E-state index in [1.54, 1.807) is 6.07 Å². The topological polar surface area (TPSA) is 70.1 Å². The number of anilines is 1. The smallest absolute Gasteiger partial charge is 0.275 e. The Morgan fingerprint density at radius 2 is 2.11 bits per heavy atom. The molecule has 2 aromatic rings. The molecule has 2 N–H and O–H groups in total. The van der Waals surface area contributed by atoms with E-state index in [-0.39, 0.29) is 5.02 Å². The third-order valence-corrected chi connectivity index (χ3v) is 2.81. The van der Waals surface area contributed by atoms with Crippen molar-refractivity contribution in [1.82, 2.24) is 10.2 Å². The molecule has 0 atom stereocenters. The second-order valence-electron chi connectivity index (χ2n) is 3.32. The Morgan fingerprint density at radius 3 is 2.89 bits per heavy atom. The second kappa shape index (κ2) is 5.66. The van der Waals surface area contributed by atoms with Gasteiger partial charge in [0.2, 0.25) is 0 Å². The van der Waals surface area contributed by atoms with Crippen LogP contribution in [0.15, 0.2) is 40.4 Å². The highest BCUT2D eigenvalue weighted by Crippen LogP contribution is 2.15. The van der Waals surface area contributed by atoms with Crippen LogP contribution in [0.25, 0.3) is 0 Å². The molecule has 0 saturated carbocycles. The number of nitrogens with one attached hydrogen (secondary N) is 2. The van der Waals surface area contributed by atoms with Crippen LogP contribution in [0, 0.1) is 0 Å². The molecule has 0 fully saturated rings. The molecule has 2 rings (SSSR count). The van der Waals surface area contributed by atoms with Crippen LogP contribution in [0.1, 0.15) is 5.56 Å². The number of nitrogens with zero attached hydrogens (tertiary/aromatic N) is 2. The van der Waals surface area contributed by atoms with Gasteiger partial charge in [-0.05, 0) is 6.07 Å². The number of hydrogen-bond acceptors (Lipinski definition) is 4. The Labute approximate surface area is 112 Å². The lowest BCUT2D eigenvalue weighted by atomic mass is 10.2. The lowest BCUT2D eigenvalue weighted by Crippen LogP contribution is -2.10. The minimum atomic E-state index is -0.477. The number of hydrazone groups is 1. The number of aromatic nitrogens is 2. The maximum Gasteiger partial charge on any atom is 0.285 e. The van der Waals surface area contributed by atoms with Crippen molar-refractivity contribution >= 4 is 35.1 Å². The molecule has 0 bridgehead atoms. The summed E-state index contributed by atoms with van der Waals surface area (Å²) in [5, 5.41) is 10.3. The van der Waals surface area contributed by atoms with Crippen LogP contribution in [0.2, 0.25) is 10.0 Å². The van der Waals surface area contributed by atoms with Gasteiger partial charge in [0, 0.05) is 10.6 Å². The molecule has 5 nitrogen and oxygen atoms in total. The van der Waals surface area contributed by atoms with Gasteiger partial charge in [0.05, 0.1) is 12.4 Å². The molecule has 0 spiro atoms. The number of H-pyrrole nitrogens is 1. The third kappa shape index (κ3) is 2.88. The van der Waals surface area contributed by atoms with Crippen molar-refractivity contribution in [3.63, 3.8) is 0 Å². The summed E-state index contributed by atoms with van der Waals surface area (Å²) in [6.45, 7) is 0. The van der Waals surface area contributed by atoms with Crippen molar-refractivity contribution in [2.75, 3.05) is 5.43 Å². The predicted octanol–water partition coefficient (Wildman–Crippen LogP) is 2.52. The highest BCUT2D eigenvalue weighted by molar-refractivity contribution is 6.33. The maximum absolute atomic E-state index is 11.2. The molecular weight excluding hydrogens is 275 g/mol. The minimum absolute atomic E-state index is 0.00121. The van der Waals surface area contributed by atoms with Crippen LogP contribution in [0.3, 0.4) is 0 Å². The summed E-state index contributed by atoms with van der Waals surface area (Å²) in [5.41, 5.74) is 3.22. The summed E-state index contributed by atoms with van der Waals surface area (Å²) < 4.78 is 0. The first-order valence-electron chi connectivity index (χ1n) is 4.95. The zero-order chi connectivity index (χ0) is 13.0. The molecular formula is C11H8Cl2N4O. The average molecular weight is 283 g/mol. The average Bonchev–Trinajstić information content (AvgIpc) is 2.37. The number of benzene rings is 1. The quantitative estimate of drug-likeness (QED) is 0.671. The summed E-state index contributed by atoms with van der Waals surface area (Å²) in [5.74, 6) is 0. The zero-order valence-corrected chi connectivity index (χ0v) is 10.5.